The molecule has 4 aromatic rings. The third kappa shape index (κ3) is 6.83. The molecule has 0 atom stereocenters. The maximum absolute atomic E-state index is 13.3. The summed E-state index contributed by atoms with van der Waals surface area (Å²) in [5.41, 5.74) is 3.85. The molecular formula is C37H39F3N4O2. The maximum atomic E-state index is 13.3. The number of aryl methyl sites for hydroxylation is 1. The fourth-order valence-corrected chi connectivity index (χ4v) is 7.10. The number of halogens is 3. The predicted molar refractivity (Wildman–Crippen MR) is 176 cm³/mol. The Morgan fingerprint density at radius 1 is 0.913 bits per heavy atom. The predicted octanol–water partition coefficient (Wildman–Crippen LogP) is 8.68. The number of aromatic nitrogens is 1. The fourth-order valence-electron chi connectivity index (χ4n) is 7.10. The molecule has 6 nitrogen and oxygen atoms in total. The highest BCUT2D eigenvalue weighted by Crippen LogP contribution is 2.45. The number of nitrogens with one attached hydrogen (secondary N) is 1. The third-order valence-corrected chi connectivity index (χ3v) is 9.75. The van der Waals surface area contributed by atoms with Crippen LogP contribution in [0.5, 0.6) is 0 Å². The molecule has 2 amide bonds. The van der Waals surface area contributed by atoms with Gasteiger partial charge in [0.25, 0.3) is 5.91 Å². The first kappa shape index (κ1) is 31.5. The Labute approximate surface area is 267 Å². The van der Waals surface area contributed by atoms with Crippen molar-refractivity contribution in [3.05, 3.63) is 102 Å². The number of piperidine rings is 1. The van der Waals surface area contributed by atoms with Gasteiger partial charge in [0, 0.05) is 43.7 Å². The van der Waals surface area contributed by atoms with Crippen LogP contribution in [0.25, 0.3) is 11.1 Å². The zero-order valence-corrected chi connectivity index (χ0v) is 26.0. The minimum atomic E-state index is -4.44. The second kappa shape index (κ2) is 13.1. The number of hydrogen-bond donors (Lipinski definition) is 1. The van der Waals surface area contributed by atoms with Crippen LogP contribution in [0.15, 0.2) is 85.1 Å². The number of amides is 2. The van der Waals surface area contributed by atoms with E-state index in [1.807, 2.05) is 0 Å². The molecule has 240 valence electrons. The minimum Gasteiger partial charge on any atom is -0.371 e. The van der Waals surface area contributed by atoms with Gasteiger partial charge in [0.1, 0.15) is 5.82 Å². The maximum Gasteiger partial charge on any atom is 0.416 e. The Bertz CT molecular complexity index is 1660. The molecule has 1 aliphatic carbocycles. The van der Waals surface area contributed by atoms with Gasteiger partial charge in [-0.1, -0.05) is 61.7 Å². The quantitative estimate of drug-likeness (QED) is 0.199. The Morgan fingerprint density at radius 2 is 1.59 bits per heavy atom. The number of nitrogens with zero attached hydrogens (tertiary/aromatic N) is 3. The molecule has 1 aromatic heterocycles. The number of benzene rings is 3. The highest BCUT2D eigenvalue weighted by molar-refractivity contribution is 6.09. The fraction of sp³-hybridized carbons (Fsp3) is 0.351. The molecule has 46 heavy (non-hydrogen) atoms. The normalized spacial score (nSPS) is 16.3. The van der Waals surface area contributed by atoms with E-state index in [-0.39, 0.29) is 0 Å². The number of hydrogen-bond acceptors (Lipinski definition) is 3. The van der Waals surface area contributed by atoms with Gasteiger partial charge in [0.15, 0.2) is 0 Å². The Kier molecular flexibility index (Phi) is 8.93. The average molecular weight is 629 g/mol. The summed E-state index contributed by atoms with van der Waals surface area (Å²) in [6.07, 6.45) is 7.47. The highest BCUT2D eigenvalue weighted by atomic mass is 19.4. The van der Waals surface area contributed by atoms with Crippen molar-refractivity contribution in [2.24, 2.45) is 12.5 Å². The molecule has 1 saturated heterocycles. The first-order valence-electron chi connectivity index (χ1n) is 15.9. The third-order valence-electron chi connectivity index (χ3n) is 9.75. The van der Waals surface area contributed by atoms with Gasteiger partial charge in [-0.3, -0.25) is 14.5 Å². The van der Waals surface area contributed by atoms with E-state index in [1.54, 1.807) is 53.0 Å². The summed E-state index contributed by atoms with van der Waals surface area (Å²) < 4.78 is 40.9. The monoisotopic (exact) mass is 628 g/mol. The van der Waals surface area contributed by atoms with Crippen molar-refractivity contribution in [3.63, 3.8) is 0 Å². The summed E-state index contributed by atoms with van der Waals surface area (Å²) in [6, 6.07) is 21.7. The summed E-state index contributed by atoms with van der Waals surface area (Å²) in [4.78, 5) is 29.6. The molecule has 1 saturated carbocycles. The summed E-state index contributed by atoms with van der Waals surface area (Å²) in [5, 5.41) is 2.89. The molecule has 3 aromatic carbocycles. The van der Waals surface area contributed by atoms with Gasteiger partial charge >= 0.3 is 6.18 Å². The van der Waals surface area contributed by atoms with Gasteiger partial charge in [-0.25, -0.2) is 0 Å². The minimum absolute atomic E-state index is 0.322. The van der Waals surface area contributed by atoms with E-state index in [1.165, 1.54) is 62.8 Å². The van der Waals surface area contributed by atoms with E-state index in [2.05, 4.69) is 34.5 Å². The molecule has 0 bridgehead atoms. The zero-order valence-electron chi connectivity index (χ0n) is 26.0. The molecule has 0 radical (unpaired) electrons. The van der Waals surface area contributed by atoms with E-state index in [0.717, 1.165) is 37.2 Å². The SMILES string of the molecule is Cn1cc(NC(=O)c2ccccc2-c2ccc(C(F)(F)F)cc2)cc1N(C=O)Cc1ccc(N2CCC3(CCCCC3)CC2)cc1. The number of carbonyl (C=O) groups is 2. The molecular weight excluding hydrogens is 589 g/mol. The second-order valence-corrected chi connectivity index (χ2v) is 12.7. The van der Waals surface area contributed by atoms with Gasteiger partial charge in [-0.05, 0) is 78.1 Å². The molecule has 2 heterocycles. The van der Waals surface area contributed by atoms with Crippen molar-refractivity contribution in [3.8, 4) is 11.1 Å². The van der Waals surface area contributed by atoms with Crippen LogP contribution in [0, 0.1) is 5.41 Å². The average Bonchev–Trinajstić information content (AvgIpc) is 3.43. The van der Waals surface area contributed by atoms with Gasteiger partial charge in [-0.15, -0.1) is 0 Å². The van der Waals surface area contributed by atoms with Gasteiger partial charge < -0.3 is 14.8 Å². The van der Waals surface area contributed by atoms with Crippen LogP contribution in [0.1, 0.15) is 66.4 Å². The summed E-state index contributed by atoms with van der Waals surface area (Å²) >= 11 is 0. The first-order chi connectivity index (χ1) is 22.1. The van der Waals surface area contributed by atoms with Crippen molar-refractivity contribution in [2.45, 2.75) is 57.7 Å². The van der Waals surface area contributed by atoms with Crippen molar-refractivity contribution >= 4 is 29.5 Å². The lowest BCUT2D eigenvalue weighted by Crippen LogP contribution is -2.41. The standard InChI is InChI=1S/C37H39F3N4O2/c1-42-25-30(41-35(46)33-8-4-3-7-32(33)28-11-13-29(14-12-28)37(38,39)40)23-34(42)44(26-45)24-27-9-15-31(16-10-27)43-21-19-36(20-22-43)17-5-2-6-18-36/h3-4,7-16,23,25-26H,2,5-6,17-22,24H2,1H3,(H,41,46). The van der Waals surface area contributed by atoms with Crippen LogP contribution in [-0.2, 0) is 24.6 Å². The summed E-state index contributed by atoms with van der Waals surface area (Å²) in [7, 11) is 1.80. The first-order valence-corrected chi connectivity index (χ1v) is 15.9. The Hall–Kier alpha value is -4.53. The molecule has 2 fully saturated rings. The molecule has 1 spiro atoms. The van der Waals surface area contributed by atoms with Crippen LogP contribution in [-0.4, -0.2) is 30.0 Å². The largest absolute Gasteiger partial charge is 0.416 e. The molecule has 6 rings (SSSR count). The van der Waals surface area contributed by atoms with Gasteiger partial charge in [-0.2, -0.15) is 13.2 Å². The summed E-state index contributed by atoms with van der Waals surface area (Å²) in [5.74, 6) is 0.201. The topological polar surface area (TPSA) is 57.6 Å². The molecule has 1 aliphatic heterocycles. The molecule has 0 unspecified atom stereocenters. The van der Waals surface area contributed by atoms with Crippen molar-refractivity contribution in [1.29, 1.82) is 0 Å². The lowest BCUT2D eigenvalue weighted by Gasteiger charge is -2.45. The van der Waals surface area contributed by atoms with Crippen molar-refractivity contribution in [2.75, 3.05) is 28.2 Å². The summed E-state index contributed by atoms with van der Waals surface area (Å²) in [6.45, 7) is 2.55. The Balaban J connectivity index is 1.11. The van der Waals surface area contributed by atoms with E-state index in [9.17, 15) is 22.8 Å². The van der Waals surface area contributed by atoms with Crippen LogP contribution in [0.3, 0.4) is 0 Å². The molecule has 2 aliphatic rings. The van der Waals surface area contributed by atoms with Crippen molar-refractivity contribution < 1.29 is 22.8 Å². The van der Waals surface area contributed by atoms with E-state index in [0.29, 0.717) is 40.2 Å². The molecule has 9 heteroatoms. The lowest BCUT2D eigenvalue weighted by atomic mass is 9.68. The van der Waals surface area contributed by atoms with Crippen LogP contribution >= 0.6 is 0 Å². The van der Waals surface area contributed by atoms with Crippen molar-refractivity contribution in [1.82, 2.24) is 4.57 Å². The number of anilines is 3. The van der Waals surface area contributed by atoms with Crippen LogP contribution in [0.2, 0.25) is 0 Å². The number of rotatable bonds is 8. The van der Waals surface area contributed by atoms with E-state index >= 15 is 0 Å². The van der Waals surface area contributed by atoms with Gasteiger partial charge in [0.05, 0.1) is 17.8 Å². The Morgan fingerprint density at radius 3 is 2.24 bits per heavy atom. The highest BCUT2D eigenvalue weighted by Gasteiger charge is 2.35. The van der Waals surface area contributed by atoms with Crippen LogP contribution < -0.4 is 15.1 Å². The number of alkyl halides is 3. The van der Waals surface area contributed by atoms with E-state index < -0.39 is 17.6 Å². The van der Waals surface area contributed by atoms with Gasteiger partial charge in [0.2, 0.25) is 6.41 Å². The zero-order chi connectivity index (χ0) is 32.3. The lowest BCUT2D eigenvalue weighted by molar-refractivity contribution is -0.137. The van der Waals surface area contributed by atoms with Crippen LogP contribution in [0.4, 0.5) is 30.4 Å². The smallest absolute Gasteiger partial charge is 0.371 e. The molecule has 1 N–H and O–H groups in total. The number of carbonyl (C=O) groups excluding carboxylic acids is 2. The second-order valence-electron chi connectivity index (χ2n) is 12.7. The van der Waals surface area contributed by atoms with E-state index in [4.69, 9.17) is 0 Å².